The number of hydrogen-bond donors (Lipinski definition) is 4. The van der Waals surface area contributed by atoms with Gasteiger partial charge in [-0.15, -0.1) is 0 Å². The standard InChI is InChI=1S/C21H29FN6O/c1-13(25-2)16(10-23)14-3-4-20(18(22)9-14)28-21(24)17-11-26-7-5-19(17)27-15-6-8-29-12-15/h3-4,9-10,15,26-27H,5-8,11-12,23H2,1-2H3,(H2,24,28). The lowest BCUT2D eigenvalue weighted by Crippen LogP contribution is -2.39. The number of benzene rings is 1. The molecule has 2 aliphatic heterocycles. The van der Waals surface area contributed by atoms with Crippen molar-refractivity contribution in [2.45, 2.75) is 25.8 Å². The van der Waals surface area contributed by atoms with Gasteiger partial charge in [0.1, 0.15) is 17.3 Å². The van der Waals surface area contributed by atoms with Gasteiger partial charge >= 0.3 is 0 Å². The first kappa shape index (κ1) is 21.0. The van der Waals surface area contributed by atoms with Gasteiger partial charge in [-0.25, -0.2) is 9.38 Å². The number of ether oxygens (including phenoxy) is 1. The van der Waals surface area contributed by atoms with Crippen LogP contribution in [0.1, 0.15) is 25.3 Å². The van der Waals surface area contributed by atoms with Crippen molar-refractivity contribution in [2.75, 3.05) is 33.4 Å². The summed E-state index contributed by atoms with van der Waals surface area (Å²) in [6.07, 6.45) is 3.22. The van der Waals surface area contributed by atoms with Gasteiger partial charge in [0.25, 0.3) is 0 Å². The second-order valence-corrected chi connectivity index (χ2v) is 7.14. The molecule has 0 bridgehead atoms. The van der Waals surface area contributed by atoms with Gasteiger partial charge in [0.2, 0.25) is 0 Å². The van der Waals surface area contributed by atoms with E-state index in [9.17, 15) is 4.39 Å². The zero-order valence-electron chi connectivity index (χ0n) is 17.0. The third-order valence-corrected chi connectivity index (χ3v) is 5.23. The zero-order valence-corrected chi connectivity index (χ0v) is 17.0. The van der Waals surface area contributed by atoms with E-state index in [1.165, 1.54) is 12.3 Å². The number of amidine groups is 1. The molecular formula is C21H29FN6O. The number of aliphatic imine (C=N–C) groups is 2. The Balaban J connectivity index is 1.87. The summed E-state index contributed by atoms with van der Waals surface area (Å²) in [5, 5.41) is 6.83. The smallest absolute Gasteiger partial charge is 0.149 e. The molecule has 0 radical (unpaired) electrons. The summed E-state index contributed by atoms with van der Waals surface area (Å²) >= 11 is 0. The van der Waals surface area contributed by atoms with Crippen molar-refractivity contribution >= 4 is 22.8 Å². The van der Waals surface area contributed by atoms with Gasteiger partial charge in [-0.05, 0) is 31.0 Å². The van der Waals surface area contributed by atoms with Crippen LogP contribution in [0.5, 0.6) is 0 Å². The van der Waals surface area contributed by atoms with Crippen molar-refractivity contribution in [3.05, 3.63) is 47.0 Å². The van der Waals surface area contributed by atoms with Crippen molar-refractivity contribution in [1.29, 1.82) is 0 Å². The van der Waals surface area contributed by atoms with E-state index in [2.05, 4.69) is 20.6 Å². The van der Waals surface area contributed by atoms with E-state index in [1.54, 1.807) is 19.2 Å². The van der Waals surface area contributed by atoms with Crippen LogP contribution in [-0.2, 0) is 4.74 Å². The summed E-state index contributed by atoms with van der Waals surface area (Å²) in [5.74, 6) is -0.150. The van der Waals surface area contributed by atoms with E-state index < -0.39 is 5.82 Å². The number of allylic oxidation sites excluding steroid dienone is 1. The van der Waals surface area contributed by atoms with Crippen LogP contribution in [-0.4, -0.2) is 50.9 Å². The number of rotatable bonds is 6. The average Bonchev–Trinajstić information content (AvgIpc) is 3.23. The molecule has 8 heteroatoms. The molecule has 7 nitrogen and oxygen atoms in total. The zero-order chi connectivity index (χ0) is 20.8. The molecule has 1 saturated heterocycles. The number of halogens is 1. The topological polar surface area (TPSA) is 110 Å². The molecule has 1 atom stereocenters. The molecule has 0 aliphatic carbocycles. The van der Waals surface area contributed by atoms with Crippen molar-refractivity contribution < 1.29 is 9.13 Å². The Hall–Kier alpha value is -2.71. The van der Waals surface area contributed by atoms with E-state index in [-0.39, 0.29) is 11.7 Å². The Morgan fingerprint density at radius 1 is 1.41 bits per heavy atom. The van der Waals surface area contributed by atoms with Crippen LogP contribution < -0.4 is 22.1 Å². The van der Waals surface area contributed by atoms with E-state index in [1.807, 2.05) is 6.92 Å². The highest BCUT2D eigenvalue weighted by atomic mass is 19.1. The molecule has 2 aliphatic rings. The number of hydrogen-bond acceptors (Lipinski definition) is 6. The summed E-state index contributed by atoms with van der Waals surface area (Å²) in [6.45, 7) is 4.74. The minimum absolute atomic E-state index is 0.190. The molecule has 2 heterocycles. The monoisotopic (exact) mass is 400 g/mol. The third kappa shape index (κ3) is 5.02. The van der Waals surface area contributed by atoms with Crippen LogP contribution in [0, 0.1) is 5.82 Å². The van der Waals surface area contributed by atoms with Crippen LogP contribution in [0.25, 0.3) is 5.57 Å². The largest absolute Gasteiger partial charge is 0.404 e. The first-order chi connectivity index (χ1) is 14.0. The van der Waals surface area contributed by atoms with Crippen molar-refractivity contribution in [3.8, 4) is 0 Å². The lowest BCUT2D eigenvalue weighted by molar-refractivity contribution is 0.191. The molecular weight excluding hydrogens is 371 g/mol. The first-order valence-electron chi connectivity index (χ1n) is 9.80. The maximum Gasteiger partial charge on any atom is 0.149 e. The predicted octanol–water partition coefficient (Wildman–Crippen LogP) is 1.83. The second kappa shape index (κ2) is 9.67. The molecule has 1 aromatic carbocycles. The van der Waals surface area contributed by atoms with Gasteiger partial charge < -0.3 is 26.8 Å². The number of nitrogens with two attached hydrogens (primary N) is 2. The number of nitrogens with zero attached hydrogens (tertiary/aromatic N) is 2. The summed E-state index contributed by atoms with van der Waals surface area (Å²) in [6, 6.07) is 5.07. The Kier molecular flexibility index (Phi) is 7.00. The average molecular weight is 401 g/mol. The summed E-state index contributed by atoms with van der Waals surface area (Å²) in [5.41, 5.74) is 16.1. The molecule has 0 spiro atoms. The highest BCUT2D eigenvalue weighted by Crippen LogP contribution is 2.25. The molecule has 1 fully saturated rings. The maximum absolute atomic E-state index is 14.7. The van der Waals surface area contributed by atoms with Crippen molar-refractivity contribution in [3.63, 3.8) is 0 Å². The third-order valence-electron chi connectivity index (χ3n) is 5.23. The van der Waals surface area contributed by atoms with Crippen LogP contribution in [0.2, 0.25) is 0 Å². The highest BCUT2D eigenvalue weighted by Gasteiger charge is 2.21. The Morgan fingerprint density at radius 2 is 2.24 bits per heavy atom. The molecule has 0 saturated carbocycles. The minimum Gasteiger partial charge on any atom is -0.404 e. The van der Waals surface area contributed by atoms with E-state index in [0.717, 1.165) is 43.0 Å². The molecule has 29 heavy (non-hydrogen) atoms. The van der Waals surface area contributed by atoms with Gasteiger partial charge in [0.15, 0.2) is 0 Å². The minimum atomic E-state index is -0.461. The van der Waals surface area contributed by atoms with Gasteiger partial charge in [-0.2, -0.15) is 0 Å². The van der Waals surface area contributed by atoms with Gasteiger partial charge in [-0.1, -0.05) is 6.07 Å². The Labute approximate surface area is 170 Å². The molecule has 1 unspecified atom stereocenters. The molecule has 0 amide bonds. The van der Waals surface area contributed by atoms with Crippen LogP contribution in [0.15, 0.2) is 45.7 Å². The normalized spacial score (nSPS) is 21.6. The highest BCUT2D eigenvalue weighted by molar-refractivity contribution is 6.22. The summed E-state index contributed by atoms with van der Waals surface area (Å²) < 4.78 is 20.2. The predicted molar refractivity (Wildman–Crippen MR) is 116 cm³/mol. The van der Waals surface area contributed by atoms with Gasteiger partial charge in [-0.3, -0.25) is 4.99 Å². The molecule has 3 rings (SSSR count). The fraction of sp³-hybridized carbons (Fsp3) is 0.429. The second-order valence-electron chi connectivity index (χ2n) is 7.14. The first-order valence-corrected chi connectivity index (χ1v) is 9.80. The van der Waals surface area contributed by atoms with Crippen molar-refractivity contribution in [2.24, 2.45) is 21.5 Å². The number of nitrogens with one attached hydrogen (secondary N) is 2. The fourth-order valence-corrected chi connectivity index (χ4v) is 3.49. The summed E-state index contributed by atoms with van der Waals surface area (Å²) in [4.78, 5) is 8.49. The molecule has 6 N–H and O–H groups in total. The van der Waals surface area contributed by atoms with E-state index >= 15 is 0 Å². The van der Waals surface area contributed by atoms with E-state index in [0.29, 0.717) is 30.1 Å². The molecule has 156 valence electrons. The molecule has 0 aromatic heterocycles. The van der Waals surface area contributed by atoms with Crippen LogP contribution >= 0.6 is 0 Å². The SMILES string of the molecule is CN=C(C)C(=CN)c1ccc(N=C(N)C2=C(NC3CCOC3)CCNC2)c(F)c1. The van der Waals surface area contributed by atoms with Crippen LogP contribution in [0.4, 0.5) is 10.1 Å². The van der Waals surface area contributed by atoms with Gasteiger partial charge in [0, 0.05) is 61.9 Å². The maximum atomic E-state index is 14.7. The van der Waals surface area contributed by atoms with E-state index in [4.69, 9.17) is 16.2 Å². The van der Waals surface area contributed by atoms with Crippen LogP contribution in [0.3, 0.4) is 0 Å². The Bertz CT molecular complexity index is 868. The fourth-order valence-electron chi connectivity index (χ4n) is 3.49. The molecule has 1 aromatic rings. The Morgan fingerprint density at radius 3 is 2.90 bits per heavy atom. The van der Waals surface area contributed by atoms with Gasteiger partial charge in [0.05, 0.1) is 12.6 Å². The van der Waals surface area contributed by atoms with Crippen molar-refractivity contribution in [1.82, 2.24) is 10.6 Å². The quantitative estimate of drug-likeness (QED) is 0.430. The lowest BCUT2D eigenvalue weighted by atomic mass is 10.0. The lowest BCUT2D eigenvalue weighted by Gasteiger charge is -2.24. The summed E-state index contributed by atoms with van der Waals surface area (Å²) in [7, 11) is 1.67.